The monoisotopic (exact) mass is 396 g/mol. The van der Waals surface area contributed by atoms with Gasteiger partial charge in [-0.2, -0.15) is 0 Å². The van der Waals surface area contributed by atoms with Crippen molar-refractivity contribution < 1.29 is 9.47 Å². The molecular formula is C23H32N4O2. The summed E-state index contributed by atoms with van der Waals surface area (Å²) in [4.78, 5) is 7.07. The number of aryl methyl sites for hydroxylation is 1. The molecule has 6 nitrogen and oxygen atoms in total. The molecule has 0 spiro atoms. The van der Waals surface area contributed by atoms with Crippen molar-refractivity contribution in [2.75, 3.05) is 38.2 Å². The first-order valence-electron chi connectivity index (χ1n) is 10.2. The van der Waals surface area contributed by atoms with Gasteiger partial charge in [-0.1, -0.05) is 29.8 Å². The van der Waals surface area contributed by atoms with Crippen LogP contribution in [0.4, 0.5) is 5.69 Å². The lowest BCUT2D eigenvalue weighted by Gasteiger charge is -2.34. The number of hydrogen-bond acceptors (Lipinski definition) is 4. The molecule has 1 saturated heterocycles. The lowest BCUT2D eigenvalue weighted by atomic mass is 10.0. The normalized spacial score (nSPS) is 16.6. The van der Waals surface area contributed by atoms with E-state index in [1.807, 2.05) is 38.1 Å². The summed E-state index contributed by atoms with van der Waals surface area (Å²) >= 11 is 0. The molecule has 1 unspecified atom stereocenters. The fourth-order valence-corrected chi connectivity index (χ4v) is 3.46. The predicted octanol–water partition coefficient (Wildman–Crippen LogP) is 3.58. The van der Waals surface area contributed by atoms with Gasteiger partial charge in [0.05, 0.1) is 31.9 Å². The summed E-state index contributed by atoms with van der Waals surface area (Å²) in [6.45, 7) is 10.0. The molecule has 29 heavy (non-hydrogen) atoms. The quantitative estimate of drug-likeness (QED) is 0.553. The largest absolute Gasteiger partial charge is 0.491 e. The van der Waals surface area contributed by atoms with Crippen molar-refractivity contribution in [1.82, 2.24) is 4.90 Å². The van der Waals surface area contributed by atoms with Gasteiger partial charge in [0, 0.05) is 18.8 Å². The van der Waals surface area contributed by atoms with Gasteiger partial charge in [-0.15, -0.1) is 0 Å². The zero-order valence-corrected chi connectivity index (χ0v) is 17.6. The van der Waals surface area contributed by atoms with E-state index in [-0.39, 0.29) is 12.1 Å². The molecule has 0 aliphatic carbocycles. The van der Waals surface area contributed by atoms with E-state index < -0.39 is 0 Å². The molecule has 6 heteroatoms. The minimum atomic E-state index is 0.152. The van der Waals surface area contributed by atoms with Crippen LogP contribution in [0.25, 0.3) is 0 Å². The Bertz CT molecular complexity index is 799. The Kier molecular flexibility index (Phi) is 7.49. The molecule has 2 aromatic rings. The summed E-state index contributed by atoms with van der Waals surface area (Å²) in [5, 5.41) is 3.17. The molecule has 0 saturated carbocycles. The van der Waals surface area contributed by atoms with Gasteiger partial charge in [0.25, 0.3) is 0 Å². The average molecular weight is 397 g/mol. The van der Waals surface area contributed by atoms with Crippen molar-refractivity contribution in [2.24, 2.45) is 10.7 Å². The number of ether oxygens (including phenoxy) is 2. The van der Waals surface area contributed by atoms with Crippen LogP contribution in [0.15, 0.2) is 53.5 Å². The molecule has 1 heterocycles. The standard InChI is InChI=1S/C23H32N4O2/c1-17(2)29-21-9-7-20(8-10-21)26-23(24)25-16-22(27-11-13-28-14-12-27)19-6-4-5-18(3)15-19/h4-10,15,17,22H,11-14,16H2,1-3H3,(H3,24,25,26). The number of benzene rings is 2. The SMILES string of the molecule is Cc1cccc(C(CN=C(N)Nc2ccc(OC(C)C)cc2)N2CCOCC2)c1. The number of rotatable bonds is 7. The van der Waals surface area contributed by atoms with Crippen LogP contribution in [0, 0.1) is 6.92 Å². The van der Waals surface area contributed by atoms with E-state index in [1.165, 1.54) is 11.1 Å². The highest BCUT2D eigenvalue weighted by Crippen LogP contribution is 2.23. The predicted molar refractivity (Wildman–Crippen MR) is 119 cm³/mol. The lowest BCUT2D eigenvalue weighted by molar-refractivity contribution is 0.0180. The van der Waals surface area contributed by atoms with Crippen LogP contribution < -0.4 is 15.8 Å². The molecule has 0 bridgehead atoms. The maximum atomic E-state index is 6.17. The summed E-state index contributed by atoms with van der Waals surface area (Å²) < 4.78 is 11.2. The number of hydrogen-bond donors (Lipinski definition) is 2. The van der Waals surface area contributed by atoms with Crippen molar-refractivity contribution in [3.8, 4) is 5.75 Å². The third kappa shape index (κ3) is 6.48. The highest BCUT2D eigenvalue weighted by atomic mass is 16.5. The average Bonchev–Trinajstić information content (AvgIpc) is 2.70. The van der Waals surface area contributed by atoms with Gasteiger partial charge >= 0.3 is 0 Å². The molecule has 156 valence electrons. The van der Waals surface area contributed by atoms with E-state index in [9.17, 15) is 0 Å². The number of anilines is 1. The van der Waals surface area contributed by atoms with Crippen LogP contribution in [0.3, 0.4) is 0 Å². The van der Waals surface area contributed by atoms with Gasteiger partial charge in [-0.25, -0.2) is 0 Å². The topological polar surface area (TPSA) is 72.1 Å². The van der Waals surface area contributed by atoms with E-state index in [4.69, 9.17) is 15.2 Å². The summed E-state index contributed by atoms with van der Waals surface area (Å²) in [7, 11) is 0. The second kappa shape index (κ2) is 10.3. The molecule has 1 aliphatic rings. The van der Waals surface area contributed by atoms with E-state index >= 15 is 0 Å². The molecule has 0 radical (unpaired) electrons. The second-order valence-electron chi connectivity index (χ2n) is 7.62. The minimum Gasteiger partial charge on any atom is -0.491 e. The van der Waals surface area contributed by atoms with Crippen molar-refractivity contribution in [3.05, 3.63) is 59.7 Å². The van der Waals surface area contributed by atoms with Crippen molar-refractivity contribution in [2.45, 2.75) is 32.9 Å². The molecule has 3 N–H and O–H groups in total. The zero-order chi connectivity index (χ0) is 20.6. The molecule has 2 aromatic carbocycles. The molecule has 0 amide bonds. The smallest absolute Gasteiger partial charge is 0.193 e. The molecule has 1 fully saturated rings. The third-order valence-corrected chi connectivity index (χ3v) is 4.85. The van der Waals surface area contributed by atoms with Crippen LogP contribution in [0.1, 0.15) is 31.0 Å². The highest BCUT2D eigenvalue weighted by Gasteiger charge is 2.22. The highest BCUT2D eigenvalue weighted by molar-refractivity contribution is 5.92. The number of nitrogens with two attached hydrogens (primary N) is 1. The summed E-state index contributed by atoms with van der Waals surface area (Å²) in [6.07, 6.45) is 0.152. The van der Waals surface area contributed by atoms with Gasteiger partial charge in [-0.05, 0) is 50.6 Å². The fraction of sp³-hybridized carbons (Fsp3) is 0.435. The molecule has 1 atom stereocenters. The third-order valence-electron chi connectivity index (χ3n) is 4.85. The lowest BCUT2D eigenvalue weighted by Crippen LogP contribution is -2.40. The van der Waals surface area contributed by atoms with Gasteiger partial charge in [-0.3, -0.25) is 9.89 Å². The van der Waals surface area contributed by atoms with Crippen LogP contribution in [0.2, 0.25) is 0 Å². The maximum absolute atomic E-state index is 6.17. The van der Waals surface area contributed by atoms with Gasteiger partial charge in [0.2, 0.25) is 0 Å². The van der Waals surface area contributed by atoms with Gasteiger partial charge < -0.3 is 20.5 Å². The minimum absolute atomic E-state index is 0.152. The Morgan fingerprint density at radius 3 is 2.55 bits per heavy atom. The van der Waals surface area contributed by atoms with E-state index in [0.717, 1.165) is 37.7 Å². The molecule has 1 aliphatic heterocycles. The summed E-state index contributed by atoms with van der Waals surface area (Å²) in [6, 6.07) is 16.5. The van der Waals surface area contributed by atoms with Gasteiger partial charge in [0.15, 0.2) is 5.96 Å². The Hall–Kier alpha value is -2.57. The Morgan fingerprint density at radius 1 is 1.17 bits per heavy atom. The van der Waals surface area contributed by atoms with Crippen molar-refractivity contribution >= 4 is 11.6 Å². The number of guanidine groups is 1. The molecular weight excluding hydrogens is 364 g/mol. The van der Waals surface area contributed by atoms with E-state index in [2.05, 4.69) is 46.4 Å². The second-order valence-corrected chi connectivity index (χ2v) is 7.62. The van der Waals surface area contributed by atoms with Crippen LogP contribution in [-0.4, -0.2) is 49.8 Å². The van der Waals surface area contributed by atoms with E-state index in [1.54, 1.807) is 0 Å². The number of nitrogens with zero attached hydrogens (tertiary/aromatic N) is 2. The fourth-order valence-electron chi connectivity index (χ4n) is 3.46. The van der Waals surface area contributed by atoms with Gasteiger partial charge in [0.1, 0.15) is 5.75 Å². The van der Waals surface area contributed by atoms with Crippen molar-refractivity contribution in [1.29, 1.82) is 0 Å². The zero-order valence-electron chi connectivity index (χ0n) is 17.6. The Morgan fingerprint density at radius 2 is 1.90 bits per heavy atom. The first kappa shape index (κ1) is 21.1. The number of aliphatic imine (C=N–C) groups is 1. The maximum Gasteiger partial charge on any atom is 0.193 e. The van der Waals surface area contributed by atoms with Crippen LogP contribution in [-0.2, 0) is 4.74 Å². The van der Waals surface area contributed by atoms with Crippen LogP contribution in [0.5, 0.6) is 5.75 Å². The first-order chi connectivity index (χ1) is 14.0. The summed E-state index contributed by atoms with van der Waals surface area (Å²) in [5.74, 6) is 1.25. The summed E-state index contributed by atoms with van der Waals surface area (Å²) in [5.41, 5.74) is 9.58. The van der Waals surface area contributed by atoms with E-state index in [0.29, 0.717) is 12.5 Å². The Balaban J connectivity index is 1.67. The number of morpholine rings is 1. The Labute approximate surface area is 173 Å². The first-order valence-corrected chi connectivity index (χ1v) is 10.2. The van der Waals surface area contributed by atoms with Crippen molar-refractivity contribution in [3.63, 3.8) is 0 Å². The van der Waals surface area contributed by atoms with Crippen LogP contribution >= 0.6 is 0 Å². The molecule has 0 aromatic heterocycles. The molecule has 3 rings (SSSR count). The number of nitrogens with one attached hydrogen (secondary N) is 1.